The van der Waals surface area contributed by atoms with Gasteiger partial charge in [-0.05, 0) is 30.2 Å². The maximum absolute atomic E-state index is 12.2. The molecule has 0 aliphatic rings. The van der Waals surface area contributed by atoms with E-state index in [1.807, 2.05) is 32.0 Å². The molecule has 0 radical (unpaired) electrons. The normalized spacial score (nSPS) is 10.4. The number of rotatable bonds is 5. The van der Waals surface area contributed by atoms with Crippen LogP contribution in [0.15, 0.2) is 54.6 Å². The zero-order chi connectivity index (χ0) is 15.2. The topological polar surface area (TPSA) is 46.2 Å². The summed E-state index contributed by atoms with van der Waals surface area (Å²) in [7, 11) is 0. The Morgan fingerprint density at radius 3 is 2.05 bits per heavy atom. The van der Waals surface area contributed by atoms with E-state index in [9.17, 15) is 9.59 Å². The van der Waals surface area contributed by atoms with Gasteiger partial charge in [0.05, 0.1) is 0 Å². The van der Waals surface area contributed by atoms with Gasteiger partial charge in [0.25, 0.3) is 0 Å². The Morgan fingerprint density at radius 1 is 0.905 bits per heavy atom. The second-order valence-electron chi connectivity index (χ2n) is 5.42. The van der Waals surface area contributed by atoms with E-state index in [-0.39, 0.29) is 11.7 Å². The molecule has 1 amide bonds. The lowest BCUT2D eigenvalue weighted by Gasteiger charge is -2.08. The Kier molecular flexibility index (Phi) is 4.88. The quantitative estimate of drug-likeness (QED) is 0.845. The predicted octanol–water partition coefficient (Wildman–Crippen LogP) is 3.90. The number of carbonyl (C=O) groups excluding carboxylic acids is 2. The molecule has 2 aromatic carbocycles. The summed E-state index contributed by atoms with van der Waals surface area (Å²) in [5.41, 5.74) is 1.99. The molecule has 0 fully saturated rings. The van der Waals surface area contributed by atoms with E-state index >= 15 is 0 Å². The van der Waals surface area contributed by atoms with Gasteiger partial charge in [0.15, 0.2) is 5.78 Å². The first kappa shape index (κ1) is 15.0. The average Bonchev–Trinajstić information content (AvgIpc) is 2.47. The van der Waals surface area contributed by atoms with Gasteiger partial charge in [-0.1, -0.05) is 44.2 Å². The molecule has 1 N–H and O–H groups in total. The van der Waals surface area contributed by atoms with Crippen molar-refractivity contribution in [3.05, 3.63) is 65.7 Å². The molecule has 0 aliphatic carbocycles. The van der Waals surface area contributed by atoms with Gasteiger partial charge in [0.1, 0.15) is 0 Å². The first-order valence-electron chi connectivity index (χ1n) is 7.06. The highest BCUT2D eigenvalue weighted by molar-refractivity contribution is 6.09. The number of benzene rings is 2. The van der Waals surface area contributed by atoms with E-state index in [0.717, 1.165) is 0 Å². The second kappa shape index (κ2) is 6.84. The number of ketones is 1. The minimum Gasteiger partial charge on any atom is -0.326 e. The summed E-state index contributed by atoms with van der Waals surface area (Å²) in [6, 6.07) is 16.1. The van der Waals surface area contributed by atoms with E-state index in [4.69, 9.17) is 0 Å². The molecule has 21 heavy (non-hydrogen) atoms. The molecule has 0 bridgehead atoms. The van der Waals surface area contributed by atoms with Crippen LogP contribution in [-0.4, -0.2) is 11.7 Å². The van der Waals surface area contributed by atoms with Gasteiger partial charge < -0.3 is 5.32 Å². The Labute approximate surface area is 125 Å². The first-order valence-corrected chi connectivity index (χ1v) is 7.06. The Hall–Kier alpha value is -2.42. The lowest BCUT2D eigenvalue weighted by Crippen LogP contribution is -2.13. The zero-order valence-corrected chi connectivity index (χ0v) is 12.3. The SMILES string of the molecule is CC(C)CC(=O)Nc1ccc(C(=O)c2ccccc2)cc1. The predicted molar refractivity (Wildman–Crippen MR) is 84.4 cm³/mol. The van der Waals surface area contributed by atoms with Crippen molar-refractivity contribution in [1.29, 1.82) is 0 Å². The summed E-state index contributed by atoms with van der Waals surface area (Å²) >= 11 is 0. The molecule has 3 nitrogen and oxygen atoms in total. The van der Waals surface area contributed by atoms with Crippen LogP contribution in [-0.2, 0) is 4.79 Å². The Bertz CT molecular complexity index is 615. The van der Waals surface area contributed by atoms with Crippen LogP contribution in [0.5, 0.6) is 0 Å². The van der Waals surface area contributed by atoms with Crippen molar-refractivity contribution in [2.24, 2.45) is 5.92 Å². The molecule has 2 aromatic rings. The number of nitrogens with one attached hydrogen (secondary N) is 1. The van der Waals surface area contributed by atoms with Gasteiger partial charge in [0.2, 0.25) is 5.91 Å². The van der Waals surface area contributed by atoms with Crippen LogP contribution in [0, 0.1) is 5.92 Å². The van der Waals surface area contributed by atoms with E-state index < -0.39 is 0 Å². The highest BCUT2D eigenvalue weighted by Gasteiger charge is 2.09. The molecule has 3 heteroatoms. The highest BCUT2D eigenvalue weighted by Crippen LogP contribution is 2.14. The summed E-state index contributed by atoms with van der Waals surface area (Å²) in [5.74, 6) is 0.298. The van der Waals surface area contributed by atoms with Crippen LogP contribution in [0.1, 0.15) is 36.2 Å². The van der Waals surface area contributed by atoms with Crippen molar-refractivity contribution in [2.45, 2.75) is 20.3 Å². The molecule has 0 heterocycles. The van der Waals surface area contributed by atoms with Gasteiger partial charge in [0, 0.05) is 23.2 Å². The number of hydrogen-bond acceptors (Lipinski definition) is 2. The van der Waals surface area contributed by atoms with Gasteiger partial charge in [-0.15, -0.1) is 0 Å². The summed E-state index contributed by atoms with van der Waals surface area (Å²) in [4.78, 5) is 23.9. The zero-order valence-electron chi connectivity index (χ0n) is 12.3. The van der Waals surface area contributed by atoms with Crippen molar-refractivity contribution in [3.8, 4) is 0 Å². The van der Waals surface area contributed by atoms with Crippen molar-refractivity contribution in [1.82, 2.24) is 0 Å². The molecule has 0 unspecified atom stereocenters. The molecule has 2 rings (SSSR count). The van der Waals surface area contributed by atoms with Crippen molar-refractivity contribution in [3.63, 3.8) is 0 Å². The Balaban J connectivity index is 2.05. The standard InChI is InChI=1S/C18H19NO2/c1-13(2)12-17(20)19-16-10-8-15(9-11-16)18(21)14-6-4-3-5-7-14/h3-11,13H,12H2,1-2H3,(H,19,20). The Morgan fingerprint density at radius 2 is 1.48 bits per heavy atom. The molecule has 0 saturated carbocycles. The molecule has 108 valence electrons. The number of amides is 1. The van der Waals surface area contributed by atoms with Gasteiger partial charge >= 0.3 is 0 Å². The maximum Gasteiger partial charge on any atom is 0.224 e. The van der Waals surface area contributed by atoms with E-state index in [1.54, 1.807) is 36.4 Å². The molecule has 0 atom stereocenters. The third kappa shape index (κ3) is 4.28. The van der Waals surface area contributed by atoms with E-state index in [2.05, 4.69) is 5.32 Å². The van der Waals surface area contributed by atoms with Crippen LogP contribution >= 0.6 is 0 Å². The van der Waals surface area contributed by atoms with Crippen LogP contribution < -0.4 is 5.32 Å². The summed E-state index contributed by atoms with van der Waals surface area (Å²) in [6.45, 7) is 4.00. The third-order valence-electron chi connectivity index (χ3n) is 3.06. The number of anilines is 1. The second-order valence-corrected chi connectivity index (χ2v) is 5.42. The van der Waals surface area contributed by atoms with E-state index in [0.29, 0.717) is 29.2 Å². The fourth-order valence-electron chi connectivity index (χ4n) is 2.04. The van der Waals surface area contributed by atoms with Crippen LogP contribution in [0.2, 0.25) is 0 Å². The molecule has 0 spiro atoms. The first-order chi connectivity index (χ1) is 10.1. The summed E-state index contributed by atoms with van der Waals surface area (Å²) in [5, 5.41) is 2.83. The summed E-state index contributed by atoms with van der Waals surface area (Å²) in [6.07, 6.45) is 0.491. The molecule has 0 saturated heterocycles. The lowest BCUT2D eigenvalue weighted by molar-refractivity contribution is -0.116. The highest BCUT2D eigenvalue weighted by atomic mass is 16.1. The molecule has 0 aliphatic heterocycles. The van der Waals surface area contributed by atoms with E-state index in [1.165, 1.54) is 0 Å². The van der Waals surface area contributed by atoms with Gasteiger partial charge in [-0.25, -0.2) is 0 Å². The monoisotopic (exact) mass is 281 g/mol. The molecular formula is C18H19NO2. The molecule has 0 aromatic heterocycles. The van der Waals surface area contributed by atoms with Gasteiger partial charge in [-0.3, -0.25) is 9.59 Å². The number of hydrogen-bond donors (Lipinski definition) is 1. The fraction of sp³-hybridized carbons (Fsp3) is 0.222. The van der Waals surface area contributed by atoms with Gasteiger partial charge in [-0.2, -0.15) is 0 Å². The number of carbonyl (C=O) groups is 2. The van der Waals surface area contributed by atoms with Crippen molar-refractivity contribution in [2.75, 3.05) is 5.32 Å². The van der Waals surface area contributed by atoms with Crippen molar-refractivity contribution >= 4 is 17.4 Å². The van der Waals surface area contributed by atoms with Crippen LogP contribution in [0.25, 0.3) is 0 Å². The van der Waals surface area contributed by atoms with Crippen molar-refractivity contribution < 1.29 is 9.59 Å². The largest absolute Gasteiger partial charge is 0.326 e. The van der Waals surface area contributed by atoms with Crippen LogP contribution in [0.3, 0.4) is 0 Å². The van der Waals surface area contributed by atoms with Crippen LogP contribution in [0.4, 0.5) is 5.69 Å². The third-order valence-corrected chi connectivity index (χ3v) is 3.06. The fourth-order valence-corrected chi connectivity index (χ4v) is 2.04. The maximum atomic E-state index is 12.2. The lowest BCUT2D eigenvalue weighted by atomic mass is 10.0. The minimum absolute atomic E-state index is 0.00728. The smallest absolute Gasteiger partial charge is 0.224 e. The molecular weight excluding hydrogens is 262 g/mol. The summed E-state index contributed by atoms with van der Waals surface area (Å²) < 4.78 is 0. The minimum atomic E-state index is -0.0179. The average molecular weight is 281 g/mol.